The smallest absolute Gasteiger partial charge is 0.0203 e. The molecule has 0 aliphatic heterocycles. The summed E-state index contributed by atoms with van der Waals surface area (Å²) in [6.45, 7) is 16.0. The molecule has 0 heteroatoms. The Hall–Kier alpha value is -0.260. The SMILES string of the molecule is CC(CC=CC(C)(C)C)CC(C)(C)C. The van der Waals surface area contributed by atoms with Gasteiger partial charge < -0.3 is 0 Å². The molecule has 0 aliphatic carbocycles. The summed E-state index contributed by atoms with van der Waals surface area (Å²) in [7, 11) is 0. The van der Waals surface area contributed by atoms with Crippen LogP contribution < -0.4 is 0 Å². The molecule has 0 spiro atoms. The predicted molar refractivity (Wildman–Crippen MR) is 66.4 cm³/mol. The summed E-state index contributed by atoms with van der Waals surface area (Å²) in [6.07, 6.45) is 7.19. The van der Waals surface area contributed by atoms with Crippen molar-refractivity contribution >= 4 is 0 Å². The fraction of sp³-hybridized carbons (Fsp3) is 0.857. The van der Waals surface area contributed by atoms with E-state index >= 15 is 0 Å². The van der Waals surface area contributed by atoms with E-state index in [1.165, 1.54) is 12.8 Å². The van der Waals surface area contributed by atoms with Gasteiger partial charge in [0.1, 0.15) is 0 Å². The summed E-state index contributed by atoms with van der Waals surface area (Å²) >= 11 is 0. The van der Waals surface area contributed by atoms with E-state index < -0.39 is 0 Å². The summed E-state index contributed by atoms with van der Waals surface area (Å²) in [5, 5.41) is 0. The molecule has 0 amide bonds. The van der Waals surface area contributed by atoms with E-state index in [4.69, 9.17) is 0 Å². The molecule has 0 radical (unpaired) electrons. The maximum atomic E-state index is 2.35. The van der Waals surface area contributed by atoms with Crippen LogP contribution in [0, 0.1) is 16.7 Å². The van der Waals surface area contributed by atoms with E-state index in [1.807, 2.05) is 0 Å². The summed E-state index contributed by atoms with van der Waals surface area (Å²) in [4.78, 5) is 0. The summed E-state index contributed by atoms with van der Waals surface area (Å²) in [6, 6.07) is 0. The third-order valence-electron chi connectivity index (χ3n) is 2.12. The maximum Gasteiger partial charge on any atom is -0.0203 e. The summed E-state index contributed by atoms with van der Waals surface area (Å²) in [5.74, 6) is 0.800. The van der Waals surface area contributed by atoms with Crippen LogP contribution in [0.3, 0.4) is 0 Å². The van der Waals surface area contributed by atoms with Crippen LogP contribution in [0.2, 0.25) is 0 Å². The second-order valence-corrected chi connectivity index (χ2v) is 6.87. The average Bonchev–Trinajstić information content (AvgIpc) is 1.78. The Balaban J connectivity index is 3.86. The second kappa shape index (κ2) is 5.00. The van der Waals surface area contributed by atoms with Crippen molar-refractivity contribution in [2.45, 2.75) is 61.3 Å². The summed E-state index contributed by atoms with van der Waals surface area (Å²) < 4.78 is 0. The van der Waals surface area contributed by atoms with Crippen molar-refractivity contribution in [3.05, 3.63) is 12.2 Å². The fourth-order valence-electron chi connectivity index (χ4n) is 1.78. The van der Waals surface area contributed by atoms with Gasteiger partial charge in [0.2, 0.25) is 0 Å². The van der Waals surface area contributed by atoms with Gasteiger partial charge in [0.25, 0.3) is 0 Å². The van der Waals surface area contributed by atoms with Crippen LogP contribution in [0.25, 0.3) is 0 Å². The van der Waals surface area contributed by atoms with Crippen LogP contribution in [-0.4, -0.2) is 0 Å². The van der Waals surface area contributed by atoms with Gasteiger partial charge in [0, 0.05) is 0 Å². The molecule has 0 nitrogen and oxygen atoms in total. The highest BCUT2D eigenvalue weighted by atomic mass is 14.2. The standard InChI is InChI=1S/C14H28/c1-12(11-14(5,6)7)9-8-10-13(2,3)4/h8,10,12H,9,11H2,1-7H3. The monoisotopic (exact) mass is 196 g/mol. The van der Waals surface area contributed by atoms with Gasteiger partial charge >= 0.3 is 0 Å². The molecule has 1 unspecified atom stereocenters. The zero-order valence-corrected chi connectivity index (χ0v) is 11.1. The van der Waals surface area contributed by atoms with E-state index in [2.05, 4.69) is 60.6 Å². The molecule has 0 fully saturated rings. The lowest BCUT2D eigenvalue weighted by Crippen LogP contribution is -2.10. The van der Waals surface area contributed by atoms with Gasteiger partial charge in [-0.3, -0.25) is 0 Å². The van der Waals surface area contributed by atoms with E-state index in [9.17, 15) is 0 Å². The third-order valence-corrected chi connectivity index (χ3v) is 2.12. The zero-order valence-electron chi connectivity index (χ0n) is 11.1. The molecule has 84 valence electrons. The number of hydrogen-bond acceptors (Lipinski definition) is 0. The minimum atomic E-state index is 0.335. The highest BCUT2D eigenvalue weighted by Gasteiger charge is 2.14. The van der Waals surface area contributed by atoms with Crippen molar-refractivity contribution in [1.82, 2.24) is 0 Å². The van der Waals surface area contributed by atoms with Gasteiger partial charge in [-0.1, -0.05) is 60.6 Å². The molecular formula is C14H28. The molecule has 0 aliphatic rings. The van der Waals surface area contributed by atoms with Gasteiger partial charge in [-0.2, -0.15) is 0 Å². The van der Waals surface area contributed by atoms with Crippen LogP contribution in [-0.2, 0) is 0 Å². The molecule has 0 saturated carbocycles. The zero-order chi connectivity index (χ0) is 11.4. The molecule has 0 N–H and O–H groups in total. The molecule has 0 aromatic rings. The van der Waals surface area contributed by atoms with Gasteiger partial charge in [-0.05, 0) is 29.6 Å². The highest BCUT2D eigenvalue weighted by molar-refractivity contribution is 4.93. The van der Waals surface area contributed by atoms with E-state index in [0.29, 0.717) is 10.8 Å². The molecule has 0 heterocycles. The van der Waals surface area contributed by atoms with E-state index in [0.717, 1.165) is 5.92 Å². The van der Waals surface area contributed by atoms with Crippen LogP contribution in [0.1, 0.15) is 61.3 Å². The summed E-state index contributed by atoms with van der Waals surface area (Å²) in [5.41, 5.74) is 0.802. The minimum absolute atomic E-state index is 0.335. The molecule has 0 aromatic carbocycles. The Morgan fingerprint density at radius 3 is 1.86 bits per heavy atom. The number of hydrogen-bond donors (Lipinski definition) is 0. The lowest BCUT2D eigenvalue weighted by atomic mass is 9.84. The molecular weight excluding hydrogens is 168 g/mol. The maximum absolute atomic E-state index is 2.35. The van der Waals surface area contributed by atoms with Crippen LogP contribution in [0.4, 0.5) is 0 Å². The van der Waals surface area contributed by atoms with Crippen molar-refractivity contribution in [2.24, 2.45) is 16.7 Å². The first-order valence-electron chi connectivity index (χ1n) is 5.78. The Morgan fingerprint density at radius 1 is 1.00 bits per heavy atom. The van der Waals surface area contributed by atoms with Crippen molar-refractivity contribution in [2.75, 3.05) is 0 Å². The highest BCUT2D eigenvalue weighted by Crippen LogP contribution is 2.26. The first kappa shape index (κ1) is 13.7. The van der Waals surface area contributed by atoms with Gasteiger partial charge in [-0.15, -0.1) is 0 Å². The van der Waals surface area contributed by atoms with Crippen molar-refractivity contribution in [1.29, 1.82) is 0 Å². The first-order valence-corrected chi connectivity index (χ1v) is 5.78. The van der Waals surface area contributed by atoms with Gasteiger partial charge in [-0.25, -0.2) is 0 Å². The lowest BCUT2D eigenvalue weighted by Gasteiger charge is -2.22. The van der Waals surface area contributed by atoms with Crippen LogP contribution >= 0.6 is 0 Å². The molecule has 14 heavy (non-hydrogen) atoms. The largest absolute Gasteiger partial charge is 0.0877 e. The quantitative estimate of drug-likeness (QED) is 0.554. The van der Waals surface area contributed by atoms with Gasteiger partial charge in [0.05, 0.1) is 0 Å². The lowest BCUT2D eigenvalue weighted by molar-refractivity contribution is 0.308. The minimum Gasteiger partial charge on any atom is -0.0877 e. The second-order valence-electron chi connectivity index (χ2n) is 6.87. The third kappa shape index (κ3) is 9.83. The Morgan fingerprint density at radius 2 is 1.50 bits per heavy atom. The molecule has 0 saturated heterocycles. The Kier molecular flexibility index (Phi) is 4.91. The number of allylic oxidation sites excluding steroid dienone is 2. The normalized spacial score (nSPS) is 16.2. The van der Waals surface area contributed by atoms with E-state index in [1.54, 1.807) is 0 Å². The Bertz CT molecular complexity index is 173. The predicted octanol–water partition coefficient (Wildman–Crippen LogP) is 5.05. The first-order chi connectivity index (χ1) is 6.10. The molecule has 0 bridgehead atoms. The van der Waals surface area contributed by atoms with Crippen molar-refractivity contribution in [3.63, 3.8) is 0 Å². The molecule has 0 aromatic heterocycles. The number of rotatable bonds is 3. The van der Waals surface area contributed by atoms with Crippen LogP contribution in [0.15, 0.2) is 12.2 Å². The molecule has 0 rings (SSSR count). The van der Waals surface area contributed by atoms with Gasteiger partial charge in [0.15, 0.2) is 0 Å². The van der Waals surface area contributed by atoms with E-state index in [-0.39, 0.29) is 0 Å². The van der Waals surface area contributed by atoms with Crippen molar-refractivity contribution in [3.8, 4) is 0 Å². The Labute approximate surface area is 90.8 Å². The average molecular weight is 196 g/mol. The fourth-order valence-corrected chi connectivity index (χ4v) is 1.78. The molecule has 1 atom stereocenters. The van der Waals surface area contributed by atoms with Crippen LogP contribution in [0.5, 0.6) is 0 Å². The van der Waals surface area contributed by atoms with Crippen molar-refractivity contribution < 1.29 is 0 Å². The topological polar surface area (TPSA) is 0 Å².